The summed E-state index contributed by atoms with van der Waals surface area (Å²) in [5.41, 5.74) is 2.46. The average molecular weight is 430 g/mol. The lowest BCUT2D eigenvalue weighted by Gasteiger charge is -2.19. The molecule has 0 aliphatic heterocycles. The van der Waals surface area contributed by atoms with Gasteiger partial charge in [-0.05, 0) is 58.7 Å². The maximum Gasteiger partial charge on any atom is 0.340 e. The first kappa shape index (κ1) is 24.2. The lowest BCUT2D eigenvalue weighted by atomic mass is 9.92. The van der Waals surface area contributed by atoms with Gasteiger partial charge < -0.3 is 18.9 Å². The fraction of sp³-hybridized carbons (Fsp3) is 0.458. The molecule has 168 valence electrons. The van der Waals surface area contributed by atoms with E-state index in [0.717, 1.165) is 6.42 Å². The zero-order chi connectivity index (χ0) is 23.0. The minimum atomic E-state index is -0.544. The van der Waals surface area contributed by atoms with Gasteiger partial charge in [-0.1, -0.05) is 13.0 Å². The quantitative estimate of drug-likeness (QED) is 0.496. The largest absolute Gasteiger partial charge is 0.490 e. The fourth-order valence-electron chi connectivity index (χ4n) is 3.31. The second-order valence-corrected chi connectivity index (χ2v) is 6.79. The molecule has 0 saturated carbocycles. The van der Waals surface area contributed by atoms with Gasteiger partial charge in [0.1, 0.15) is 0 Å². The van der Waals surface area contributed by atoms with E-state index in [0.29, 0.717) is 47.2 Å². The van der Waals surface area contributed by atoms with Crippen molar-refractivity contribution < 1.29 is 28.5 Å². The Morgan fingerprint density at radius 3 is 1.87 bits per heavy atom. The van der Waals surface area contributed by atoms with Crippen molar-refractivity contribution in [3.05, 3.63) is 40.7 Å². The van der Waals surface area contributed by atoms with Gasteiger partial charge in [-0.15, -0.1) is 0 Å². The van der Waals surface area contributed by atoms with E-state index in [1.165, 1.54) is 0 Å². The van der Waals surface area contributed by atoms with Crippen molar-refractivity contribution in [1.29, 1.82) is 0 Å². The van der Waals surface area contributed by atoms with Crippen molar-refractivity contribution in [3.63, 3.8) is 0 Å². The van der Waals surface area contributed by atoms with Gasteiger partial charge in [-0.25, -0.2) is 9.59 Å². The van der Waals surface area contributed by atoms with Crippen LogP contribution in [0.25, 0.3) is 11.1 Å². The fourth-order valence-corrected chi connectivity index (χ4v) is 3.31. The van der Waals surface area contributed by atoms with E-state index < -0.39 is 11.9 Å². The van der Waals surface area contributed by atoms with E-state index in [1.54, 1.807) is 45.9 Å². The number of rotatable bonds is 10. The molecule has 0 spiro atoms. The van der Waals surface area contributed by atoms with Crippen molar-refractivity contribution >= 4 is 11.9 Å². The normalized spacial score (nSPS) is 10.5. The van der Waals surface area contributed by atoms with Gasteiger partial charge in [0, 0.05) is 5.56 Å². The Hall–Kier alpha value is -3.09. The predicted molar refractivity (Wildman–Crippen MR) is 118 cm³/mol. The van der Waals surface area contributed by atoms with Crippen LogP contribution in [0, 0.1) is 13.8 Å². The number of esters is 2. The van der Waals surface area contributed by atoms with Crippen LogP contribution < -0.4 is 9.47 Å². The molecular formula is C24H31NO6. The van der Waals surface area contributed by atoms with Crippen LogP contribution >= 0.6 is 0 Å². The number of aromatic nitrogens is 1. The molecule has 2 rings (SSSR count). The van der Waals surface area contributed by atoms with Crippen LogP contribution in [0.15, 0.2) is 18.2 Å². The minimum Gasteiger partial charge on any atom is -0.490 e. The van der Waals surface area contributed by atoms with E-state index in [1.807, 2.05) is 13.8 Å². The van der Waals surface area contributed by atoms with E-state index in [2.05, 4.69) is 4.98 Å². The van der Waals surface area contributed by atoms with Crippen molar-refractivity contribution in [2.45, 2.75) is 48.0 Å². The molecule has 0 radical (unpaired) electrons. The van der Waals surface area contributed by atoms with Crippen LogP contribution in [0.4, 0.5) is 0 Å². The smallest absolute Gasteiger partial charge is 0.340 e. The Morgan fingerprint density at radius 1 is 0.806 bits per heavy atom. The molecule has 0 fully saturated rings. The number of hydrogen-bond acceptors (Lipinski definition) is 7. The van der Waals surface area contributed by atoms with Gasteiger partial charge >= 0.3 is 11.9 Å². The molecule has 0 N–H and O–H groups in total. The Kier molecular flexibility index (Phi) is 8.85. The van der Waals surface area contributed by atoms with Crippen LogP contribution in [0.2, 0.25) is 0 Å². The van der Waals surface area contributed by atoms with Crippen molar-refractivity contribution in [3.8, 4) is 22.6 Å². The molecular weight excluding hydrogens is 398 g/mol. The van der Waals surface area contributed by atoms with Gasteiger partial charge in [0.05, 0.1) is 48.9 Å². The highest BCUT2D eigenvalue weighted by atomic mass is 16.5. The summed E-state index contributed by atoms with van der Waals surface area (Å²) in [7, 11) is 0. The number of aryl methyl sites for hydroxylation is 2. The molecule has 7 heteroatoms. The summed E-state index contributed by atoms with van der Waals surface area (Å²) >= 11 is 0. The number of benzene rings is 1. The molecule has 0 bridgehead atoms. The first-order chi connectivity index (χ1) is 14.9. The summed E-state index contributed by atoms with van der Waals surface area (Å²) in [5.74, 6) is 0.0464. The number of hydrogen-bond donors (Lipinski definition) is 0. The van der Waals surface area contributed by atoms with Gasteiger partial charge in [0.2, 0.25) is 0 Å². The number of pyridine rings is 1. The lowest BCUT2D eigenvalue weighted by Crippen LogP contribution is -2.17. The molecule has 0 saturated heterocycles. The maximum absolute atomic E-state index is 12.9. The zero-order valence-electron chi connectivity index (χ0n) is 19.2. The van der Waals surface area contributed by atoms with Crippen LogP contribution in [0.1, 0.15) is 66.2 Å². The second kappa shape index (κ2) is 11.3. The van der Waals surface area contributed by atoms with Crippen LogP contribution in [0.3, 0.4) is 0 Å². The Bertz CT molecular complexity index is 896. The van der Waals surface area contributed by atoms with E-state index in [4.69, 9.17) is 18.9 Å². The second-order valence-electron chi connectivity index (χ2n) is 6.79. The Morgan fingerprint density at radius 2 is 1.39 bits per heavy atom. The number of carbonyl (C=O) groups is 2. The van der Waals surface area contributed by atoms with Crippen molar-refractivity contribution in [1.82, 2.24) is 4.98 Å². The first-order valence-corrected chi connectivity index (χ1v) is 10.6. The van der Waals surface area contributed by atoms with Crippen LogP contribution in [-0.4, -0.2) is 43.4 Å². The SMILES string of the molecule is CCCOc1ccc(-c2c(C(=O)OCC)c(C)nc(C)c2C(=O)OCC)cc1OCC. The van der Waals surface area contributed by atoms with Gasteiger partial charge in [0.15, 0.2) is 11.5 Å². The maximum atomic E-state index is 12.9. The summed E-state index contributed by atoms with van der Waals surface area (Å²) < 4.78 is 22.1. The molecule has 31 heavy (non-hydrogen) atoms. The summed E-state index contributed by atoms with van der Waals surface area (Å²) in [6, 6.07) is 5.35. The summed E-state index contributed by atoms with van der Waals surface area (Å²) in [4.78, 5) is 30.1. The summed E-state index contributed by atoms with van der Waals surface area (Å²) in [5, 5.41) is 0. The first-order valence-electron chi connectivity index (χ1n) is 10.6. The predicted octanol–water partition coefficient (Wildman–Crippen LogP) is 4.91. The molecule has 7 nitrogen and oxygen atoms in total. The highest BCUT2D eigenvalue weighted by Gasteiger charge is 2.28. The third-order valence-corrected chi connectivity index (χ3v) is 4.51. The van der Waals surface area contributed by atoms with Crippen molar-refractivity contribution in [2.75, 3.05) is 26.4 Å². The highest BCUT2D eigenvalue weighted by Crippen LogP contribution is 2.38. The minimum absolute atomic E-state index is 0.203. The van der Waals surface area contributed by atoms with E-state index in [9.17, 15) is 9.59 Å². The summed E-state index contributed by atoms with van der Waals surface area (Å²) in [6.07, 6.45) is 0.857. The van der Waals surface area contributed by atoms with Gasteiger partial charge in [-0.3, -0.25) is 4.98 Å². The monoisotopic (exact) mass is 429 g/mol. The summed E-state index contributed by atoms with van der Waals surface area (Å²) in [6.45, 7) is 12.2. The standard InChI is InChI=1S/C24H31NO6/c1-7-13-31-18-12-11-17(14-19(18)28-8-2)22-20(23(26)29-9-3)15(5)25-16(6)21(22)24(27)30-10-4/h11-12,14H,7-10,13H2,1-6H3. The van der Waals surface area contributed by atoms with E-state index in [-0.39, 0.29) is 24.3 Å². The molecule has 0 atom stereocenters. The number of carbonyl (C=O) groups excluding carboxylic acids is 2. The Labute approximate surface area is 183 Å². The number of ether oxygens (including phenoxy) is 4. The average Bonchev–Trinajstić information content (AvgIpc) is 2.72. The van der Waals surface area contributed by atoms with Crippen LogP contribution in [0.5, 0.6) is 11.5 Å². The Balaban J connectivity index is 2.81. The molecule has 2 aromatic rings. The topological polar surface area (TPSA) is 84.0 Å². The van der Waals surface area contributed by atoms with Crippen molar-refractivity contribution in [2.24, 2.45) is 0 Å². The lowest BCUT2D eigenvalue weighted by molar-refractivity contribution is 0.0525. The van der Waals surface area contributed by atoms with Crippen LogP contribution in [-0.2, 0) is 9.47 Å². The molecule has 0 aliphatic rings. The highest BCUT2D eigenvalue weighted by molar-refractivity contribution is 6.07. The third-order valence-electron chi connectivity index (χ3n) is 4.51. The van der Waals surface area contributed by atoms with Gasteiger partial charge in [-0.2, -0.15) is 0 Å². The molecule has 1 aromatic heterocycles. The third kappa shape index (κ3) is 5.54. The molecule has 0 unspecified atom stereocenters. The molecule has 1 aromatic carbocycles. The zero-order valence-corrected chi connectivity index (χ0v) is 19.2. The molecule has 1 heterocycles. The molecule has 0 amide bonds. The van der Waals surface area contributed by atoms with E-state index >= 15 is 0 Å². The molecule has 0 aliphatic carbocycles. The van der Waals surface area contributed by atoms with Gasteiger partial charge in [0.25, 0.3) is 0 Å². The number of nitrogens with zero attached hydrogens (tertiary/aromatic N) is 1.